The van der Waals surface area contributed by atoms with Crippen molar-refractivity contribution in [2.45, 2.75) is 75.8 Å². The molecule has 1 saturated heterocycles. The van der Waals surface area contributed by atoms with Crippen LogP contribution in [0, 0.1) is 17.8 Å². The van der Waals surface area contributed by atoms with Crippen molar-refractivity contribution in [2.75, 3.05) is 13.2 Å². The van der Waals surface area contributed by atoms with Crippen molar-refractivity contribution in [3.8, 4) is 0 Å². The second kappa shape index (κ2) is 8.45. The van der Waals surface area contributed by atoms with Crippen molar-refractivity contribution >= 4 is 23.3 Å². The van der Waals surface area contributed by atoms with E-state index in [0.29, 0.717) is 6.61 Å². The van der Waals surface area contributed by atoms with E-state index in [1.807, 2.05) is 12.3 Å². The van der Waals surface area contributed by atoms with E-state index in [0.717, 1.165) is 55.1 Å². The van der Waals surface area contributed by atoms with Crippen molar-refractivity contribution in [1.29, 1.82) is 0 Å². The molecule has 5 fully saturated rings. The lowest BCUT2D eigenvalue weighted by Crippen LogP contribution is -2.62. The van der Waals surface area contributed by atoms with Crippen LogP contribution in [0.1, 0.15) is 63.4 Å². The summed E-state index contributed by atoms with van der Waals surface area (Å²) >= 11 is 5.84. The van der Waals surface area contributed by atoms with Crippen molar-refractivity contribution in [1.82, 2.24) is 15.2 Å². The van der Waals surface area contributed by atoms with Crippen molar-refractivity contribution in [3.63, 3.8) is 0 Å². The predicted molar refractivity (Wildman–Crippen MR) is 120 cm³/mol. The number of nitrogens with zero attached hydrogens (tertiary/aromatic N) is 2. The lowest BCUT2D eigenvalue weighted by atomic mass is 9.53. The standard InChI is InChI=1S/C24H33N3O2S/c28-22(29-9-3-5-17-4-1-7-25-16-17)21-6-2-8-27(21)23(30)26-24-13-18-10-19(14-24)12-20(11-18)15-24/h1,4,7,16,18-21H,2-3,5-6,8-15H2,(H,26,30)/t18?,19?,20?,21-,24?/m0/s1. The molecule has 5 nitrogen and oxygen atoms in total. The fourth-order valence-corrected chi connectivity index (χ4v) is 7.34. The number of ether oxygens (including phenoxy) is 1. The number of likely N-dealkylation sites (tertiary alicyclic amines) is 1. The van der Waals surface area contributed by atoms with E-state index in [-0.39, 0.29) is 17.6 Å². The zero-order valence-corrected chi connectivity index (χ0v) is 18.5. The Balaban J connectivity index is 1.13. The number of pyridine rings is 1. The molecule has 4 saturated carbocycles. The minimum Gasteiger partial charge on any atom is -0.464 e. The fourth-order valence-electron chi connectivity index (χ4n) is 6.91. The highest BCUT2D eigenvalue weighted by Gasteiger charge is 2.51. The van der Waals surface area contributed by atoms with Crippen molar-refractivity contribution < 1.29 is 9.53 Å². The van der Waals surface area contributed by atoms with Gasteiger partial charge in [0.2, 0.25) is 0 Å². The Morgan fingerprint density at radius 3 is 2.63 bits per heavy atom. The molecule has 0 radical (unpaired) electrons. The summed E-state index contributed by atoms with van der Waals surface area (Å²) in [4.78, 5) is 19.0. The topological polar surface area (TPSA) is 54.5 Å². The normalized spacial score (nSPS) is 34.2. The van der Waals surface area contributed by atoms with Gasteiger partial charge in [0.15, 0.2) is 5.11 Å². The van der Waals surface area contributed by atoms with Crippen LogP contribution in [0.4, 0.5) is 0 Å². The first kappa shape index (κ1) is 20.2. The number of hydrogen-bond acceptors (Lipinski definition) is 4. The lowest BCUT2D eigenvalue weighted by Gasteiger charge is -2.57. The second-order valence-electron chi connectivity index (χ2n) is 10.1. The maximum absolute atomic E-state index is 12.8. The Morgan fingerprint density at radius 2 is 1.97 bits per heavy atom. The van der Waals surface area contributed by atoms with Gasteiger partial charge in [-0.25, -0.2) is 4.79 Å². The molecule has 4 bridgehead atoms. The van der Waals surface area contributed by atoms with Crippen LogP contribution in [0.3, 0.4) is 0 Å². The predicted octanol–water partition coefficient (Wildman–Crippen LogP) is 3.87. The van der Waals surface area contributed by atoms with Gasteiger partial charge in [0.1, 0.15) is 6.04 Å². The maximum atomic E-state index is 12.8. The Labute approximate surface area is 185 Å². The summed E-state index contributed by atoms with van der Waals surface area (Å²) in [6, 6.07) is 3.77. The number of thiocarbonyl (C=S) groups is 1. The van der Waals surface area contributed by atoms with Gasteiger partial charge in [0.25, 0.3) is 0 Å². The monoisotopic (exact) mass is 427 g/mol. The molecule has 4 aliphatic carbocycles. The highest BCUT2D eigenvalue weighted by atomic mass is 32.1. The fraction of sp³-hybridized carbons (Fsp3) is 0.708. The molecular formula is C24H33N3O2S. The summed E-state index contributed by atoms with van der Waals surface area (Å²) in [5.74, 6) is 2.52. The zero-order chi connectivity index (χ0) is 20.6. The summed E-state index contributed by atoms with van der Waals surface area (Å²) in [6.45, 7) is 1.31. The van der Waals surface area contributed by atoms with E-state index >= 15 is 0 Å². The molecule has 1 aromatic rings. The van der Waals surface area contributed by atoms with Crippen molar-refractivity contribution in [2.24, 2.45) is 17.8 Å². The van der Waals surface area contributed by atoms with Gasteiger partial charge in [0, 0.05) is 24.5 Å². The summed E-state index contributed by atoms with van der Waals surface area (Å²) in [7, 11) is 0. The van der Waals surface area contributed by atoms with Gasteiger partial charge in [-0.2, -0.15) is 0 Å². The van der Waals surface area contributed by atoms with Crippen LogP contribution in [0.25, 0.3) is 0 Å². The molecule has 0 amide bonds. The van der Waals surface area contributed by atoms with Crippen LogP contribution in [0.2, 0.25) is 0 Å². The Kier molecular flexibility index (Phi) is 5.69. The second-order valence-corrected chi connectivity index (χ2v) is 10.5. The zero-order valence-electron chi connectivity index (χ0n) is 17.7. The molecular weight excluding hydrogens is 394 g/mol. The quantitative estimate of drug-likeness (QED) is 0.423. The average Bonchev–Trinajstić information content (AvgIpc) is 3.21. The van der Waals surface area contributed by atoms with Crippen molar-refractivity contribution in [3.05, 3.63) is 30.1 Å². The first-order valence-corrected chi connectivity index (χ1v) is 12.2. The first-order chi connectivity index (χ1) is 14.6. The molecule has 6 heteroatoms. The van der Waals surface area contributed by atoms with E-state index in [9.17, 15) is 4.79 Å². The van der Waals surface area contributed by atoms with Gasteiger partial charge in [-0.1, -0.05) is 6.07 Å². The van der Waals surface area contributed by atoms with Gasteiger partial charge in [0.05, 0.1) is 6.61 Å². The number of nitrogens with one attached hydrogen (secondary N) is 1. The van der Waals surface area contributed by atoms with Crippen LogP contribution in [-0.4, -0.2) is 45.7 Å². The molecule has 1 aromatic heterocycles. The summed E-state index contributed by atoms with van der Waals surface area (Å²) < 4.78 is 5.63. The Hall–Kier alpha value is -1.69. The van der Waals surface area contributed by atoms with Crippen LogP contribution >= 0.6 is 12.2 Å². The SMILES string of the molecule is O=C(OCCCc1cccnc1)[C@@H]1CCCN1C(=S)NC12CC3CC(CC(C3)C1)C2. The summed E-state index contributed by atoms with van der Waals surface area (Å²) in [6.07, 6.45) is 15.2. The third-order valence-electron chi connectivity index (χ3n) is 7.77. The van der Waals surface area contributed by atoms with Gasteiger partial charge < -0.3 is 15.0 Å². The number of carbonyl (C=O) groups excluding carboxylic acids is 1. The van der Waals surface area contributed by atoms with Crippen LogP contribution < -0.4 is 5.32 Å². The molecule has 30 heavy (non-hydrogen) atoms. The number of esters is 1. The van der Waals surface area contributed by atoms with Crippen LogP contribution in [-0.2, 0) is 16.0 Å². The number of carbonyl (C=O) groups is 1. The summed E-state index contributed by atoms with van der Waals surface area (Å²) in [5.41, 5.74) is 1.36. The van der Waals surface area contributed by atoms with Gasteiger partial charge in [-0.05, 0) is 106 Å². The van der Waals surface area contributed by atoms with Crippen LogP contribution in [0.15, 0.2) is 24.5 Å². The van der Waals surface area contributed by atoms with E-state index in [4.69, 9.17) is 17.0 Å². The van der Waals surface area contributed by atoms with E-state index in [1.54, 1.807) is 6.20 Å². The molecule has 0 unspecified atom stereocenters. The first-order valence-electron chi connectivity index (χ1n) is 11.7. The molecule has 6 rings (SSSR count). The van der Waals surface area contributed by atoms with Gasteiger partial charge >= 0.3 is 5.97 Å². The van der Waals surface area contributed by atoms with E-state index in [2.05, 4.69) is 21.3 Å². The number of rotatable bonds is 6. The third-order valence-corrected chi connectivity index (χ3v) is 8.11. The number of aryl methyl sites for hydroxylation is 1. The smallest absolute Gasteiger partial charge is 0.328 e. The number of aromatic nitrogens is 1. The third kappa shape index (κ3) is 4.20. The highest BCUT2D eigenvalue weighted by Crippen LogP contribution is 2.55. The molecule has 5 aliphatic rings. The molecule has 1 N–H and O–H groups in total. The van der Waals surface area contributed by atoms with E-state index in [1.165, 1.54) is 44.1 Å². The maximum Gasteiger partial charge on any atom is 0.328 e. The molecule has 0 aromatic carbocycles. The molecule has 2 heterocycles. The largest absolute Gasteiger partial charge is 0.464 e. The van der Waals surface area contributed by atoms with Crippen LogP contribution in [0.5, 0.6) is 0 Å². The number of hydrogen-bond donors (Lipinski definition) is 1. The minimum atomic E-state index is -0.225. The lowest BCUT2D eigenvalue weighted by molar-refractivity contribution is -0.147. The highest BCUT2D eigenvalue weighted by molar-refractivity contribution is 7.80. The molecule has 0 spiro atoms. The molecule has 1 atom stereocenters. The minimum absolute atomic E-state index is 0.117. The summed E-state index contributed by atoms with van der Waals surface area (Å²) in [5, 5.41) is 4.57. The van der Waals surface area contributed by atoms with E-state index < -0.39 is 0 Å². The Morgan fingerprint density at radius 1 is 1.23 bits per heavy atom. The Bertz CT molecular complexity index is 749. The average molecular weight is 428 g/mol. The molecule has 162 valence electrons. The van der Waals surface area contributed by atoms with Gasteiger partial charge in [-0.15, -0.1) is 0 Å². The van der Waals surface area contributed by atoms with Gasteiger partial charge in [-0.3, -0.25) is 4.98 Å². The molecule has 1 aliphatic heterocycles.